The van der Waals surface area contributed by atoms with Crippen LogP contribution in [0.2, 0.25) is 0 Å². The van der Waals surface area contributed by atoms with Gasteiger partial charge in [-0.3, -0.25) is 0 Å². The third-order valence-corrected chi connectivity index (χ3v) is 4.70. The Balaban J connectivity index is 1.98. The number of benzene rings is 1. The van der Waals surface area contributed by atoms with Gasteiger partial charge in [0.2, 0.25) is 0 Å². The first kappa shape index (κ1) is 19.7. The molecular weight excluding hydrogens is 319 g/mol. The summed E-state index contributed by atoms with van der Waals surface area (Å²) in [4.78, 5) is 14.1. The van der Waals surface area contributed by atoms with Crippen LogP contribution in [0.4, 0.5) is 9.18 Å². The fraction of sp³-hybridized carbons (Fsp3) is 0.650. The number of piperidine rings is 1. The Bertz CT molecular complexity index is 593. The first-order valence-corrected chi connectivity index (χ1v) is 8.97. The lowest BCUT2D eigenvalue weighted by Crippen LogP contribution is -2.56. The van der Waals surface area contributed by atoms with E-state index in [4.69, 9.17) is 4.74 Å². The fourth-order valence-corrected chi connectivity index (χ4v) is 3.30. The van der Waals surface area contributed by atoms with E-state index < -0.39 is 5.60 Å². The molecule has 1 N–H and O–H groups in total. The summed E-state index contributed by atoms with van der Waals surface area (Å²) in [5, 5.41) is 3.65. The van der Waals surface area contributed by atoms with Crippen LogP contribution in [0.3, 0.4) is 0 Å². The minimum atomic E-state index is -0.479. The maximum absolute atomic E-state index is 13.1. The SMILES string of the molecule is C[C@@H](NC1CCN(C(=O)OC(C)(C)C)CC1(C)C)c1ccc(F)cc1. The summed E-state index contributed by atoms with van der Waals surface area (Å²) < 4.78 is 18.6. The smallest absolute Gasteiger partial charge is 0.410 e. The molecule has 1 aromatic carbocycles. The van der Waals surface area contributed by atoms with Gasteiger partial charge in [0.15, 0.2) is 0 Å². The molecule has 1 unspecified atom stereocenters. The van der Waals surface area contributed by atoms with Crippen molar-refractivity contribution in [2.45, 2.75) is 65.6 Å². The molecule has 1 amide bonds. The molecule has 1 heterocycles. The van der Waals surface area contributed by atoms with E-state index in [1.54, 1.807) is 4.90 Å². The fourth-order valence-electron chi connectivity index (χ4n) is 3.30. The number of amides is 1. The molecule has 0 aromatic heterocycles. The van der Waals surface area contributed by atoms with Gasteiger partial charge in [-0.25, -0.2) is 9.18 Å². The number of halogens is 1. The van der Waals surface area contributed by atoms with E-state index in [1.807, 2.05) is 32.9 Å². The lowest BCUT2D eigenvalue weighted by molar-refractivity contribution is 0.00132. The van der Waals surface area contributed by atoms with Crippen LogP contribution >= 0.6 is 0 Å². The van der Waals surface area contributed by atoms with Crippen molar-refractivity contribution in [3.05, 3.63) is 35.6 Å². The van der Waals surface area contributed by atoms with Crippen molar-refractivity contribution in [1.29, 1.82) is 0 Å². The highest BCUT2D eigenvalue weighted by Gasteiger charge is 2.39. The third-order valence-electron chi connectivity index (χ3n) is 4.70. The third kappa shape index (κ3) is 5.43. The molecule has 0 bridgehead atoms. The molecule has 1 aliphatic heterocycles. The molecule has 1 fully saturated rings. The van der Waals surface area contributed by atoms with Crippen molar-refractivity contribution < 1.29 is 13.9 Å². The van der Waals surface area contributed by atoms with Crippen LogP contribution in [0.5, 0.6) is 0 Å². The molecular formula is C20H31FN2O2. The van der Waals surface area contributed by atoms with Crippen molar-refractivity contribution >= 4 is 6.09 Å². The van der Waals surface area contributed by atoms with Gasteiger partial charge in [-0.2, -0.15) is 0 Å². The summed E-state index contributed by atoms with van der Waals surface area (Å²) in [6.07, 6.45) is 0.614. The van der Waals surface area contributed by atoms with Crippen LogP contribution in [0.15, 0.2) is 24.3 Å². The van der Waals surface area contributed by atoms with Gasteiger partial charge in [-0.15, -0.1) is 0 Å². The van der Waals surface area contributed by atoms with Crippen molar-refractivity contribution in [3.63, 3.8) is 0 Å². The number of nitrogens with one attached hydrogen (secondary N) is 1. The van der Waals surface area contributed by atoms with Crippen molar-refractivity contribution in [1.82, 2.24) is 10.2 Å². The van der Waals surface area contributed by atoms with E-state index in [1.165, 1.54) is 12.1 Å². The molecule has 1 aromatic rings. The number of nitrogens with zero attached hydrogens (tertiary/aromatic N) is 1. The Labute approximate surface area is 150 Å². The predicted molar refractivity (Wildman–Crippen MR) is 97.9 cm³/mol. The van der Waals surface area contributed by atoms with Crippen LogP contribution in [0.25, 0.3) is 0 Å². The molecule has 0 radical (unpaired) electrons. The largest absolute Gasteiger partial charge is 0.444 e. The van der Waals surface area contributed by atoms with Gasteiger partial charge in [-0.05, 0) is 57.2 Å². The zero-order valence-corrected chi connectivity index (χ0v) is 16.2. The molecule has 1 saturated heterocycles. The molecule has 0 saturated carbocycles. The zero-order chi connectivity index (χ0) is 18.8. The molecule has 2 atom stereocenters. The van der Waals surface area contributed by atoms with E-state index >= 15 is 0 Å². The van der Waals surface area contributed by atoms with Crippen LogP contribution in [-0.4, -0.2) is 35.7 Å². The van der Waals surface area contributed by atoms with Crippen LogP contribution in [-0.2, 0) is 4.74 Å². The minimum absolute atomic E-state index is 0.0799. The Kier molecular flexibility index (Phi) is 5.77. The highest BCUT2D eigenvalue weighted by atomic mass is 19.1. The second-order valence-electron chi connectivity index (χ2n) is 8.67. The summed E-state index contributed by atoms with van der Waals surface area (Å²) in [6, 6.07) is 7.00. The van der Waals surface area contributed by atoms with E-state index in [0.717, 1.165) is 12.0 Å². The molecule has 140 valence electrons. The maximum Gasteiger partial charge on any atom is 0.410 e. The van der Waals surface area contributed by atoms with Gasteiger partial charge in [0.05, 0.1) is 0 Å². The second-order valence-corrected chi connectivity index (χ2v) is 8.67. The van der Waals surface area contributed by atoms with Gasteiger partial charge < -0.3 is 15.0 Å². The van der Waals surface area contributed by atoms with Crippen LogP contribution in [0.1, 0.15) is 59.6 Å². The summed E-state index contributed by atoms with van der Waals surface area (Å²) >= 11 is 0. The molecule has 1 aliphatic rings. The van der Waals surface area contributed by atoms with Gasteiger partial charge >= 0.3 is 6.09 Å². The molecule has 25 heavy (non-hydrogen) atoms. The summed E-state index contributed by atoms with van der Waals surface area (Å²) in [5.41, 5.74) is 0.503. The Morgan fingerprint density at radius 3 is 2.44 bits per heavy atom. The summed E-state index contributed by atoms with van der Waals surface area (Å²) in [5.74, 6) is -0.220. The zero-order valence-electron chi connectivity index (χ0n) is 16.2. The quantitative estimate of drug-likeness (QED) is 0.872. The average molecular weight is 350 g/mol. The number of ether oxygens (including phenoxy) is 1. The first-order chi connectivity index (χ1) is 11.5. The Hall–Kier alpha value is -1.62. The summed E-state index contributed by atoms with van der Waals surface area (Å²) in [7, 11) is 0. The minimum Gasteiger partial charge on any atom is -0.444 e. The van der Waals surface area contributed by atoms with Gasteiger partial charge in [0.25, 0.3) is 0 Å². The van der Waals surface area contributed by atoms with E-state index in [-0.39, 0.29) is 29.4 Å². The normalized spacial score (nSPS) is 21.7. The van der Waals surface area contributed by atoms with Gasteiger partial charge in [-0.1, -0.05) is 26.0 Å². The lowest BCUT2D eigenvalue weighted by atomic mass is 9.78. The highest BCUT2D eigenvalue weighted by molar-refractivity contribution is 5.68. The van der Waals surface area contributed by atoms with E-state index in [0.29, 0.717) is 13.1 Å². The second kappa shape index (κ2) is 7.32. The standard InChI is InChI=1S/C20H31FN2O2/c1-14(15-7-9-16(21)10-8-15)22-17-11-12-23(13-20(17,5)6)18(24)25-19(2,3)4/h7-10,14,17,22H,11-13H2,1-6H3/t14-,17?/m1/s1. The molecule has 5 heteroatoms. The number of carbonyl (C=O) groups excluding carboxylic acids is 1. The van der Waals surface area contributed by atoms with Gasteiger partial charge in [0.1, 0.15) is 11.4 Å². The molecule has 0 spiro atoms. The lowest BCUT2D eigenvalue weighted by Gasteiger charge is -2.45. The average Bonchev–Trinajstić information content (AvgIpc) is 2.47. The van der Waals surface area contributed by atoms with E-state index in [9.17, 15) is 9.18 Å². The molecule has 4 nitrogen and oxygen atoms in total. The number of hydrogen-bond donors (Lipinski definition) is 1. The number of carbonyl (C=O) groups is 1. The predicted octanol–water partition coefficient (Wildman–Crippen LogP) is 4.51. The Morgan fingerprint density at radius 2 is 1.92 bits per heavy atom. The number of rotatable bonds is 3. The number of likely N-dealkylation sites (tertiary alicyclic amines) is 1. The summed E-state index contributed by atoms with van der Waals surface area (Å²) in [6.45, 7) is 13.4. The van der Waals surface area contributed by atoms with Crippen LogP contribution in [0, 0.1) is 11.2 Å². The van der Waals surface area contributed by atoms with E-state index in [2.05, 4.69) is 26.1 Å². The van der Waals surface area contributed by atoms with Crippen LogP contribution < -0.4 is 5.32 Å². The first-order valence-electron chi connectivity index (χ1n) is 8.97. The highest BCUT2D eigenvalue weighted by Crippen LogP contribution is 2.32. The Morgan fingerprint density at radius 1 is 1.32 bits per heavy atom. The van der Waals surface area contributed by atoms with Gasteiger partial charge in [0, 0.05) is 25.2 Å². The maximum atomic E-state index is 13.1. The molecule has 2 rings (SSSR count). The van der Waals surface area contributed by atoms with Crippen molar-refractivity contribution in [3.8, 4) is 0 Å². The topological polar surface area (TPSA) is 41.6 Å². The van der Waals surface area contributed by atoms with Crippen molar-refractivity contribution in [2.24, 2.45) is 5.41 Å². The monoisotopic (exact) mass is 350 g/mol. The molecule has 0 aliphatic carbocycles. The number of hydrogen-bond acceptors (Lipinski definition) is 3. The van der Waals surface area contributed by atoms with Crippen molar-refractivity contribution in [2.75, 3.05) is 13.1 Å².